The number of aryl methyl sites for hydroxylation is 1. The molecule has 0 aliphatic rings. The Kier molecular flexibility index (Phi) is 4.76. The lowest BCUT2D eigenvalue weighted by atomic mass is 10.1. The maximum atomic E-state index is 14.0. The summed E-state index contributed by atoms with van der Waals surface area (Å²) in [6.07, 6.45) is 0.577. The van der Waals surface area contributed by atoms with E-state index in [2.05, 4.69) is 4.98 Å². The van der Waals surface area contributed by atoms with Crippen molar-refractivity contribution >= 4 is 17.9 Å². The van der Waals surface area contributed by atoms with Crippen LogP contribution in [-0.2, 0) is 0 Å². The summed E-state index contributed by atoms with van der Waals surface area (Å²) >= 11 is 5.96. The second kappa shape index (κ2) is 6.99. The summed E-state index contributed by atoms with van der Waals surface area (Å²) in [6.45, 7) is 1.81. The highest BCUT2D eigenvalue weighted by Gasteiger charge is 2.15. The fraction of sp³-hybridized carbons (Fsp3) is 0.0526. The summed E-state index contributed by atoms with van der Waals surface area (Å²) in [5, 5.41) is 0.459. The molecule has 3 aromatic rings. The number of nitrogens with zero attached hydrogens (tertiary/aromatic N) is 1. The van der Waals surface area contributed by atoms with Gasteiger partial charge in [-0.1, -0.05) is 23.7 Å². The van der Waals surface area contributed by atoms with Crippen molar-refractivity contribution in [1.82, 2.24) is 4.98 Å². The van der Waals surface area contributed by atoms with Crippen LogP contribution in [0.2, 0.25) is 5.02 Å². The number of rotatable bonds is 4. The molecule has 0 bridgehead atoms. The van der Waals surface area contributed by atoms with Gasteiger partial charge < -0.3 is 4.74 Å². The molecule has 0 fully saturated rings. The van der Waals surface area contributed by atoms with Crippen LogP contribution in [0.15, 0.2) is 48.5 Å². The lowest BCUT2D eigenvalue weighted by Crippen LogP contribution is -1.98. The third kappa shape index (κ3) is 3.51. The van der Waals surface area contributed by atoms with Gasteiger partial charge in [0.2, 0.25) is 5.88 Å². The summed E-state index contributed by atoms with van der Waals surface area (Å²) in [5.74, 6) is -1.59. The monoisotopic (exact) mass is 359 g/mol. The molecule has 25 heavy (non-hydrogen) atoms. The third-order valence-electron chi connectivity index (χ3n) is 3.60. The first-order valence-electron chi connectivity index (χ1n) is 7.34. The molecule has 2 aromatic carbocycles. The number of halogens is 3. The fourth-order valence-electron chi connectivity index (χ4n) is 2.26. The molecule has 0 saturated carbocycles. The first-order valence-corrected chi connectivity index (χ1v) is 7.72. The van der Waals surface area contributed by atoms with Crippen molar-refractivity contribution < 1.29 is 18.3 Å². The SMILES string of the molecule is Cc1ccc(Cl)cc1Oc1nc(-c2cccc(F)c2F)ccc1C=O. The number of carbonyl (C=O) groups is 1. The van der Waals surface area contributed by atoms with E-state index in [9.17, 15) is 13.6 Å². The van der Waals surface area contributed by atoms with Gasteiger partial charge in [0, 0.05) is 10.6 Å². The second-order valence-corrected chi connectivity index (χ2v) is 5.76. The van der Waals surface area contributed by atoms with E-state index in [1.165, 1.54) is 24.3 Å². The van der Waals surface area contributed by atoms with Crippen molar-refractivity contribution in [3.63, 3.8) is 0 Å². The number of carbonyl (C=O) groups excluding carboxylic acids is 1. The van der Waals surface area contributed by atoms with Gasteiger partial charge in [-0.05, 0) is 48.9 Å². The first kappa shape index (κ1) is 17.0. The number of aromatic nitrogens is 1. The van der Waals surface area contributed by atoms with Gasteiger partial charge in [0.1, 0.15) is 5.75 Å². The molecule has 0 atom stereocenters. The quantitative estimate of drug-likeness (QED) is 0.570. The Hall–Kier alpha value is -2.79. The molecule has 0 radical (unpaired) electrons. The number of benzene rings is 2. The van der Waals surface area contributed by atoms with Crippen molar-refractivity contribution in [2.24, 2.45) is 0 Å². The Labute approximate surface area is 147 Å². The van der Waals surface area contributed by atoms with Gasteiger partial charge in [-0.25, -0.2) is 13.8 Å². The molecule has 1 heterocycles. The summed E-state index contributed by atoms with van der Waals surface area (Å²) < 4.78 is 33.2. The molecule has 126 valence electrons. The van der Waals surface area contributed by atoms with Crippen LogP contribution in [0, 0.1) is 18.6 Å². The van der Waals surface area contributed by atoms with E-state index < -0.39 is 11.6 Å². The van der Waals surface area contributed by atoms with Crippen molar-refractivity contribution in [3.05, 3.63) is 76.3 Å². The largest absolute Gasteiger partial charge is 0.438 e. The zero-order chi connectivity index (χ0) is 18.0. The minimum atomic E-state index is -1.02. The van der Waals surface area contributed by atoms with Crippen LogP contribution in [0.5, 0.6) is 11.6 Å². The smallest absolute Gasteiger partial charge is 0.230 e. The molecule has 0 N–H and O–H groups in total. The van der Waals surface area contributed by atoms with Crippen LogP contribution >= 0.6 is 11.6 Å². The summed E-state index contributed by atoms with van der Waals surface area (Å²) in [5.41, 5.74) is 1.09. The number of hydrogen-bond donors (Lipinski definition) is 0. The molecule has 3 nitrogen and oxygen atoms in total. The molecular weight excluding hydrogens is 348 g/mol. The second-order valence-electron chi connectivity index (χ2n) is 5.32. The molecule has 0 spiro atoms. The minimum absolute atomic E-state index is 0.0125. The zero-order valence-corrected chi connectivity index (χ0v) is 13.8. The predicted molar refractivity (Wildman–Crippen MR) is 91.2 cm³/mol. The van der Waals surface area contributed by atoms with E-state index in [1.54, 1.807) is 18.2 Å². The van der Waals surface area contributed by atoms with Crippen molar-refractivity contribution in [3.8, 4) is 22.9 Å². The summed E-state index contributed by atoms with van der Waals surface area (Å²) in [4.78, 5) is 15.4. The molecule has 0 unspecified atom stereocenters. The van der Waals surface area contributed by atoms with Crippen LogP contribution in [0.25, 0.3) is 11.3 Å². The Morgan fingerprint density at radius 1 is 1.12 bits per heavy atom. The van der Waals surface area contributed by atoms with Crippen LogP contribution in [0.3, 0.4) is 0 Å². The lowest BCUT2D eigenvalue weighted by Gasteiger charge is -2.12. The Balaban J connectivity index is 2.08. The number of ether oxygens (including phenoxy) is 1. The summed E-state index contributed by atoms with van der Waals surface area (Å²) in [6, 6.07) is 11.7. The minimum Gasteiger partial charge on any atom is -0.438 e. The predicted octanol–water partition coefficient (Wildman–Crippen LogP) is 5.59. The Morgan fingerprint density at radius 2 is 1.92 bits per heavy atom. The van der Waals surface area contributed by atoms with Gasteiger partial charge in [0.15, 0.2) is 17.9 Å². The lowest BCUT2D eigenvalue weighted by molar-refractivity contribution is 0.112. The fourth-order valence-corrected chi connectivity index (χ4v) is 2.42. The van der Waals surface area contributed by atoms with Crippen LogP contribution in [0.1, 0.15) is 15.9 Å². The third-order valence-corrected chi connectivity index (χ3v) is 3.84. The van der Waals surface area contributed by atoms with Gasteiger partial charge in [0.05, 0.1) is 11.3 Å². The molecular formula is C19H12ClF2NO2. The van der Waals surface area contributed by atoms with Crippen molar-refractivity contribution in [2.45, 2.75) is 6.92 Å². The topological polar surface area (TPSA) is 39.2 Å². The van der Waals surface area contributed by atoms with Gasteiger partial charge >= 0.3 is 0 Å². The number of hydrogen-bond acceptors (Lipinski definition) is 3. The average Bonchev–Trinajstić information content (AvgIpc) is 2.60. The normalized spacial score (nSPS) is 10.6. The van der Waals surface area contributed by atoms with E-state index in [0.717, 1.165) is 11.6 Å². The molecule has 0 aliphatic carbocycles. The highest BCUT2D eigenvalue weighted by atomic mass is 35.5. The van der Waals surface area contributed by atoms with Gasteiger partial charge in [-0.3, -0.25) is 4.79 Å². The van der Waals surface area contributed by atoms with E-state index in [1.807, 2.05) is 6.92 Å². The van der Waals surface area contributed by atoms with Crippen LogP contribution in [-0.4, -0.2) is 11.3 Å². The van der Waals surface area contributed by atoms with Gasteiger partial charge in [0.25, 0.3) is 0 Å². The molecule has 0 aliphatic heterocycles. The van der Waals surface area contributed by atoms with E-state index in [-0.39, 0.29) is 22.7 Å². The molecule has 3 rings (SSSR count). The van der Waals surface area contributed by atoms with E-state index >= 15 is 0 Å². The zero-order valence-electron chi connectivity index (χ0n) is 13.1. The summed E-state index contributed by atoms with van der Waals surface area (Å²) in [7, 11) is 0. The Bertz CT molecular complexity index is 960. The highest BCUT2D eigenvalue weighted by Crippen LogP contribution is 2.31. The number of pyridine rings is 1. The highest BCUT2D eigenvalue weighted by molar-refractivity contribution is 6.30. The molecule has 1 aromatic heterocycles. The van der Waals surface area contributed by atoms with Gasteiger partial charge in [-0.2, -0.15) is 0 Å². The van der Waals surface area contributed by atoms with Crippen LogP contribution in [0.4, 0.5) is 8.78 Å². The molecule has 0 amide bonds. The van der Waals surface area contributed by atoms with E-state index in [0.29, 0.717) is 17.1 Å². The Morgan fingerprint density at radius 3 is 2.68 bits per heavy atom. The number of aldehydes is 1. The first-order chi connectivity index (χ1) is 12.0. The molecule has 0 saturated heterocycles. The molecule has 6 heteroatoms. The van der Waals surface area contributed by atoms with E-state index in [4.69, 9.17) is 16.3 Å². The maximum absolute atomic E-state index is 14.0. The maximum Gasteiger partial charge on any atom is 0.230 e. The van der Waals surface area contributed by atoms with Crippen LogP contribution < -0.4 is 4.74 Å². The van der Waals surface area contributed by atoms with Gasteiger partial charge in [-0.15, -0.1) is 0 Å². The van der Waals surface area contributed by atoms with Crippen molar-refractivity contribution in [1.29, 1.82) is 0 Å². The standard InChI is InChI=1S/C19H12ClF2NO2/c1-11-5-7-13(20)9-17(11)25-19-12(10-24)6-8-16(23-19)14-3-2-4-15(21)18(14)22/h2-10H,1H3. The van der Waals surface area contributed by atoms with Crippen molar-refractivity contribution in [2.75, 3.05) is 0 Å². The average molecular weight is 360 g/mol.